The molecule has 0 saturated heterocycles. The van der Waals surface area contributed by atoms with Crippen LogP contribution in [0.4, 0.5) is 11.4 Å². The second-order valence-corrected chi connectivity index (χ2v) is 9.31. The van der Waals surface area contributed by atoms with Crippen LogP contribution in [0.5, 0.6) is 0 Å². The molecule has 1 fully saturated rings. The van der Waals surface area contributed by atoms with E-state index >= 15 is 0 Å². The third kappa shape index (κ3) is 5.73. The minimum absolute atomic E-state index is 0.0613. The van der Waals surface area contributed by atoms with Crippen LogP contribution in [0.2, 0.25) is 0 Å². The minimum atomic E-state index is -3.83. The molecule has 1 atom stereocenters. The van der Waals surface area contributed by atoms with Crippen LogP contribution >= 0.6 is 0 Å². The summed E-state index contributed by atoms with van der Waals surface area (Å²) in [5.74, 6) is -0.235. The van der Waals surface area contributed by atoms with Crippen LogP contribution in [-0.4, -0.2) is 26.4 Å². The van der Waals surface area contributed by atoms with Gasteiger partial charge in [-0.3, -0.25) is 9.52 Å². The Morgan fingerprint density at radius 2 is 1.76 bits per heavy atom. The molecule has 1 saturated carbocycles. The van der Waals surface area contributed by atoms with Crippen LogP contribution in [-0.2, 0) is 10.0 Å². The standard InChI is InChI=1S/C22H29N3O3S/c1-3-16(2)23-20-13-17(22(26)24-18-9-7-8-10-18)14-21(15-20)29(27,28)25-19-11-5-4-6-12-19/h4-6,11-16,18,23,25H,3,7-10H2,1-2H3,(H,24,26)/t16-/m0/s1. The average molecular weight is 416 g/mol. The molecule has 0 unspecified atom stereocenters. The Morgan fingerprint density at radius 1 is 1.07 bits per heavy atom. The molecule has 2 aromatic carbocycles. The molecule has 7 heteroatoms. The van der Waals surface area contributed by atoms with Gasteiger partial charge in [-0.05, 0) is 56.5 Å². The van der Waals surface area contributed by atoms with Crippen molar-refractivity contribution < 1.29 is 13.2 Å². The topological polar surface area (TPSA) is 87.3 Å². The summed E-state index contributed by atoms with van der Waals surface area (Å²) in [6.07, 6.45) is 5.04. The van der Waals surface area contributed by atoms with E-state index in [1.165, 1.54) is 6.07 Å². The maximum absolute atomic E-state index is 13.0. The van der Waals surface area contributed by atoms with Crippen molar-refractivity contribution in [2.24, 2.45) is 0 Å². The predicted octanol–water partition coefficient (Wildman–Crippen LogP) is 4.37. The number of carbonyl (C=O) groups is 1. The van der Waals surface area contributed by atoms with Gasteiger partial charge >= 0.3 is 0 Å². The second kappa shape index (κ2) is 9.31. The van der Waals surface area contributed by atoms with Crippen molar-refractivity contribution in [3.63, 3.8) is 0 Å². The highest BCUT2D eigenvalue weighted by molar-refractivity contribution is 7.92. The van der Waals surface area contributed by atoms with Crippen LogP contribution in [0, 0.1) is 0 Å². The molecule has 156 valence electrons. The first-order valence-corrected chi connectivity index (χ1v) is 11.7. The van der Waals surface area contributed by atoms with E-state index in [0.29, 0.717) is 16.9 Å². The molecular weight excluding hydrogens is 386 g/mol. The molecule has 6 nitrogen and oxygen atoms in total. The van der Waals surface area contributed by atoms with Crippen molar-refractivity contribution in [3.8, 4) is 0 Å². The molecule has 3 N–H and O–H groups in total. The second-order valence-electron chi connectivity index (χ2n) is 7.63. The first kappa shape index (κ1) is 21.2. The first-order valence-electron chi connectivity index (χ1n) is 10.2. The zero-order valence-corrected chi connectivity index (χ0v) is 17.8. The van der Waals surface area contributed by atoms with Crippen molar-refractivity contribution in [1.29, 1.82) is 0 Å². The monoisotopic (exact) mass is 415 g/mol. The lowest BCUT2D eigenvalue weighted by Crippen LogP contribution is -2.32. The van der Waals surface area contributed by atoms with Crippen LogP contribution in [0.15, 0.2) is 53.4 Å². The number of rotatable bonds is 8. The molecule has 0 aliphatic heterocycles. The normalized spacial score (nSPS) is 15.7. The molecule has 3 rings (SSSR count). The third-order valence-electron chi connectivity index (χ3n) is 5.22. The van der Waals surface area contributed by atoms with Gasteiger partial charge in [-0.25, -0.2) is 8.42 Å². The Labute approximate surface area is 173 Å². The van der Waals surface area contributed by atoms with Crippen molar-refractivity contribution >= 4 is 27.3 Å². The number of nitrogens with one attached hydrogen (secondary N) is 3. The third-order valence-corrected chi connectivity index (χ3v) is 6.58. The molecule has 1 aliphatic rings. The highest BCUT2D eigenvalue weighted by atomic mass is 32.2. The van der Waals surface area contributed by atoms with Crippen LogP contribution in [0.1, 0.15) is 56.3 Å². The van der Waals surface area contributed by atoms with Gasteiger partial charge in [0.1, 0.15) is 0 Å². The predicted molar refractivity (Wildman–Crippen MR) is 117 cm³/mol. The summed E-state index contributed by atoms with van der Waals surface area (Å²) in [7, 11) is -3.83. The number of carbonyl (C=O) groups excluding carboxylic acids is 1. The smallest absolute Gasteiger partial charge is 0.261 e. The minimum Gasteiger partial charge on any atom is -0.383 e. The number of hydrogen-bond donors (Lipinski definition) is 3. The van der Waals surface area contributed by atoms with Crippen molar-refractivity contribution in [2.45, 2.75) is 62.9 Å². The fourth-order valence-corrected chi connectivity index (χ4v) is 4.54. The molecule has 0 bridgehead atoms. The van der Waals surface area contributed by atoms with E-state index in [2.05, 4.69) is 15.4 Å². The van der Waals surface area contributed by atoms with Gasteiger partial charge in [-0.1, -0.05) is 38.0 Å². The van der Waals surface area contributed by atoms with Gasteiger partial charge in [0.15, 0.2) is 0 Å². The summed E-state index contributed by atoms with van der Waals surface area (Å²) in [6.45, 7) is 4.06. The van der Waals surface area contributed by atoms with Crippen molar-refractivity contribution in [2.75, 3.05) is 10.0 Å². The van der Waals surface area contributed by atoms with E-state index in [-0.39, 0.29) is 22.9 Å². The van der Waals surface area contributed by atoms with E-state index in [0.717, 1.165) is 32.1 Å². The molecule has 0 aromatic heterocycles. The Balaban J connectivity index is 1.91. The molecule has 29 heavy (non-hydrogen) atoms. The molecule has 1 amide bonds. The highest BCUT2D eigenvalue weighted by Crippen LogP contribution is 2.24. The zero-order chi connectivity index (χ0) is 20.9. The van der Waals surface area contributed by atoms with Crippen LogP contribution in [0.25, 0.3) is 0 Å². The van der Waals surface area contributed by atoms with Gasteiger partial charge in [-0.15, -0.1) is 0 Å². The molecule has 0 spiro atoms. The summed E-state index contributed by atoms with van der Waals surface area (Å²) in [6, 6.07) is 13.8. The Morgan fingerprint density at radius 3 is 2.41 bits per heavy atom. The maximum Gasteiger partial charge on any atom is 0.261 e. The van der Waals surface area contributed by atoms with Crippen LogP contribution in [0.3, 0.4) is 0 Å². The summed E-state index contributed by atoms with van der Waals surface area (Å²) >= 11 is 0. The molecule has 2 aromatic rings. The van der Waals surface area contributed by atoms with Gasteiger partial charge in [0, 0.05) is 29.0 Å². The zero-order valence-electron chi connectivity index (χ0n) is 16.9. The fraction of sp³-hybridized carbons (Fsp3) is 0.409. The number of benzene rings is 2. The van der Waals surface area contributed by atoms with E-state index in [9.17, 15) is 13.2 Å². The lowest BCUT2D eigenvalue weighted by molar-refractivity contribution is 0.0937. The summed E-state index contributed by atoms with van der Waals surface area (Å²) in [5, 5.41) is 6.32. The van der Waals surface area contributed by atoms with Gasteiger partial charge in [0.05, 0.1) is 4.90 Å². The largest absolute Gasteiger partial charge is 0.383 e. The van der Waals surface area contributed by atoms with Crippen molar-refractivity contribution in [1.82, 2.24) is 5.32 Å². The molecule has 0 heterocycles. The Hall–Kier alpha value is -2.54. The number of amides is 1. The SMILES string of the molecule is CC[C@H](C)Nc1cc(C(=O)NC2CCCC2)cc(S(=O)(=O)Nc2ccccc2)c1. The van der Waals surface area contributed by atoms with Gasteiger partial charge in [0.25, 0.3) is 15.9 Å². The molecule has 0 radical (unpaired) electrons. The molecular formula is C22H29N3O3S. The van der Waals surface area contributed by atoms with E-state index < -0.39 is 10.0 Å². The summed E-state index contributed by atoms with van der Waals surface area (Å²) < 4.78 is 28.5. The Kier molecular flexibility index (Phi) is 6.79. The molecule has 1 aliphatic carbocycles. The first-order chi connectivity index (χ1) is 13.9. The number of hydrogen-bond acceptors (Lipinski definition) is 4. The van der Waals surface area contributed by atoms with Crippen LogP contribution < -0.4 is 15.4 Å². The van der Waals surface area contributed by atoms with Crippen molar-refractivity contribution in [3.05, 3.63) is 54.1 Å². The maximum atomic E-state index is 13.0. The van der Waals surface area contributed by atoms with E-state index in [1.54, 1.807) is 36.4 Å². The van der Waals surface area contributed by atoms with Gasteiger partial charge in [0.2, 0.25) is 0 Å². The lowest BCUT2D eigenvalue weighted by Gasteiger charge is -2.17. The summed E-state index contributed by atoms with van der Waals surface area (Å²) in [4.78, 5) is 12.9. The van der Waals surface area contributed by atoms with E-state index in [4.69, 9.17) is 0 Å². The number of para-hydroxylation sites is 1. The van der Waals surface area contributed by atoms with Gasteiger partial charge in [-0.2, -0.15) is 0 Å². The lowest BCUT2D eigenvalue weighted by atomic mass is 10.1. The van der Waals surface area contributed by atoms with E-state index in [1.807, 2.05) is 19.9 Å². The summed E-state index contributed by atoms with van der Waals surface area (Å²) in [5.41, 5.74) is 1.44. The quantitative estimate of drug-likeness (QED) is 0.597. The average Bonchev–Trinajstić information content (AvgIpc) is 3.21. The number of sulfonamides is 1. The number of anilines is 2. The fourth-order valence-electron chi connectivity index (χ4n) is 3.41. The van der Waals surface area contributed by atoms with Gasteiger partial charge < -0.3 is 10.6 Å². The highest BCUT2D eigenvalue weighted by Gasteiger charge is 2.22. The Bertz CT molecular complexity index is 939.